The second-order valence-corrected chi connectivity index (χ2v) is 6.48. The summed E-state index contributed by atoms with van der Waals surface area (Å²) in [7, 11) is 0. The Kier molecular flexibility index (Phi) is 5.99. The summed E-state index contributed by atoms with van der Waals surface area (Å²) in [5.74, 6) is -0.212. The SMILES string of the molecule is CC(C)NC(=O)NC(=O)CN(CC1CCCCN1)C1CC1. The molecule has 2 fully saturated rings. The zero-order valence-corrected chi connectivity index (χ0v) is 13.2. The number of rotatable bonds is 6. The molecule has 0 aromatic rings. The van der Waals surface area contributed by atoms with E-state index in [4.69, 9.17) is 0 Å². The van der Waals surface area contributed by atoms with Crippen LogP contribution in [0.25, 0.3) is 0 Å². The molecule has 1 unspecified atom stereocenters. The van der Waals surface area contributed by atoms with Gasteiger partial charge in [-0.1, -0.05) is 6.42 Å². The molecule has 6 nitrogen and oxygen atoms in total. The van der Waals surface area contributed by atoms with Crippen LogP contribution in [0.4, 0.5) is 4.79 Å². The van der Waals surface area contributed by atoms with Crippen molar-refractivity contribution < 1.29 is 9.59 Å². The van der Waals surface area contributed by atoms with Crippen molar-refractivity contribution in [3.05, 3.63) is 0 Å². The van der Waals surface area contributed by atoms with Crippen LogP contribution >= 0.6 is 0 Å². The number of imide groups is 1. The monoisotopic (exact) mass is 296 g/mol. The van der Waals surface area contributed by atoms with Crippen LogP contribution in [0.1, 0.15) is 46.0 Å². The van der Waals surface area contributed by atoms with Crippen LogP contribution in [0.3, 0.4) is 0 Å². The molecule has 0 bridgehead atoms. The van der Waals surface area contributed by atoms with Gasteiger partial charge in [-0.15, -0.1) is 0 Å². The lowest BCUT2D eigenvalue weighted by molar-refractivity contribution is -0.121. The molecule has 0 aromatic heterocycles. The van der Waals surface area contributed by atoms with Crippen LogP contribution < -0.4 is 16.0 Å². The molecule has 1 heterocycles. The highest BCUT2D eigenvalue weighted by molar-refractivity contribution is 5.95. The molecule has 1 aliphatic carbocycles. The number of amides is 3. The van der Waals surface area contributed by atoms with Crippen molar-refractivity contribution in [1.82, 2.24) is 20.9 Å². The fourth-order valence-corrected chi connectivity index (χ4v) is 2.79. The summed E-state index contributed by atoms with van der Waals surface area (Å²) < 4.78 is 0. The summed E-state index contributed by atoms with van der Waals surface area (Å²) in [5, 5.41) is 8.60. The van der Waals surface area contributed by atoms with E-state index in [1.165, 1.54) is 19.3 Å². The van der Waals surface area contributed by atoms with Crippen LogP contribution in [0.2, 0.25) is 0 Å². The largest absolute Gasteiger partial charge is 0.336 e. The van der Waals surface area contributed by atoms with Gasteiger partial charge in [0.15, 0.2) is 0 Å². The fourth-order valence-electron chi connectivity index (χ4n) is 2.79. The number of hydrogen-bond acceptors (Lipinski definition) is 4. The Bertz CT molecular complexity index is 363. The van der Waals surface area contributed by atoms with Crippen molar-refractivity contribution in [2.45, 2.75) is 64.1 Å². The summed E-state index contributed by atoms with van der Waals surface area (Å²) >= 11 is 0. The molecule has 1 aliphatic heterocycles. The maximum atomic E-state index is 12.0. The Labute approximate surface area is 127 Å². The zero-order valence-electron chi connectivity index (χ0n) is 13.2. The molecular weight excluding hydrogens is 268 g/mol. The normalized spacial score (nSPS) is 22.4. The Morgan fingerprint density at radius 2 is 2.00 bits per heavy atom. The molecule has 1 saturated carbocycles. The van der Waals surface area contributed by atoms with Gasteiger partial charge in [-0.2, -0.15) is 0 Å². The summed E-state index contributed by atoms with van der Waals surface area (Å²) in [6, 6.07) is 0.634. The standard InChI is InChI=1S/C15H28N4O2/c1-11(2)17-15(21)18-14(20)10-19(13-6-7-13)9-12-5-3-4-8-16-12/h11-13,16H,3-10H2,1-2H3,(H2,17,18,20,21). The van der Waals surface area contributed by atoms with Gasteiger partial charge in [-0.05, 0) is 46.1 Å². The van der Waals surface area contributed by atoms with Crippen LogP contribution in [0.15, 0.2) is 0 Å². The van der Waals surface area contributed by atoms with Crippen molar-refractivity contribution in [3.63, 3.8) is 0 Å². The van der Waals surface area contributed by atoms with Gasteiger partial charge in [-0.25, -0.2) is 4.79 Å². The van der Waals surface area contributed by atoms with Crippen LogP contribution in [-0.4, -0.2) is 54.6 Å². The van der Waals surface area contributed by atoms with Gasteiger partial charge < -0.3 is 10.6 Å². The van der Waals surface area contributed by atoms with Crippen molar-refractivity contribution >= 4 is 11.9 Å². The van der Waals surface area contributed by atoms with E-state index in [0.717, 1.165) is 25.9 Å². The number of carbonyl (C=O) groups is 2. The minimum Gasteiger partial charge on any atom is -0.336 e. The molecule has 1 saturated heterocycles. The van der Waals surface area contributed by atoms with E-state index in [9.17, 15) is 9.59 Å². The van der Waals surface area contributed by atoms with E-state index in [1.807, 2.05) is 13.8 Å². The molecule has 21 heavy (non-hydrogen) atoms. The number of nitrogens with zero attached hydrogens (tertiary/aromatic N) is 1. The van der Waals surface area contributed by atoms with Crippen LogP contribution in [0.5, 0.6) is 0 Å². The van der Waals surface area contributed by atoms with Crippen LogP contribution in [0, 0.1) is 0 Å². The number of carbonyl (C=O) groups excluding carboxylic acids is 2. The van der Waals surface area contributed by atoms with Crippen molar-refractivity contribution in [1.29, 1.82) is 0 Å². The van der Waals surface area contributed by atoms with Gasteiger partial charge in [-0.3, -0.25) is 15.0 Å². The molecule has 1 atom stereocenters. The predicted octanol–water partition coefficient (Wildman–Crippen LogP) is 0.827. The number of piperidine rings is 1. The molecule has 3 amide bonds. The first-order chi connectivity index (χ1) is 10.0. The van der Waals surface area contributed by atoms with Crippen molar-refractivity contribution in [2.75, 3.05) is 19.6 Å². The average molecular weight is 296 g/mol. The Balaban J connectivity index is 1.76. The maximum Gasteiger partial charge on any atom is 0.321 e. The number of hydrogen-bond donors (Lipinski definition) is 3. The molecule has 0 aromatic carbocycles. The molecule has 6 heteroatoms. The molecule has 2 rings (SSSR count). The molecule has 3 N–H and O–H groups in total. The lowest BCUT2D eigenvalue weighted by Crippen LogP contribution is -2.50. The van der Waals surface area contributed by atoms with Crippen LogP contribution in [-0.2, 0) is 4.79 Å². The molecular formula is C15H28N4O2. The molecule has 0 radical (unpaired) electrons. The number of urea groups is 1. The van der Waals surface area contributed by atoms with Crippen molar-refractivity contribution in [2.24, 2.45) is 0 Å². The first-order valence-electron chi connectivity index (χ1n) is 8.12. The Hall–Kier alpha value is -1.14. The summed E-state index contributed by atoms with van der Waals surface area (Å²) in [6.45, 7) is 6.04. The van der Waals surface area contributed by atoms with E-state index in [0.29, 0.717) is 18.6 Å². The lowest BCUT2D eigenvalue weighted by Gasteiger charge is -2.30. The Morgan fingerprint density at radius 1 is 1.24 bits per heavy atom. The summed E-state index contributed by atoms with van der Waals surface area (Å²) in [4.78, 5) is 25.8. The van der Waals surface area contributed by atoms with Gasteiger partial charge in [0, 0.05) is 24.7 Å². The zero-order chi connectivity index (χ0) is 15.2. The van der Waals surface area contributed by atoms with Crippen molar-refractivity contribution in [3.8, 4) is 0 Å². The third-order valence-corrected chi connectivity index (χ3v) is 3.95. The topological polar surface area (TPSA) is 73.5 Å². The predicted molar refractivity (Wildman–Crippen MR) is 82.0 cm³/mol. The van der Waals surface area contributed by atoms with Gasteiger partial charge in [0.05, 0.1) is 6.54 Å². The first kappa shape index (κ1) is 16.2. The third-order valence-electron chi connectivity index (χ3n) is 3.95. The average Bonchev–Trinajstić information content (AvgIpc) is 3.22. The first-order valence-corrected chi connectivity index (χ1v) is 8.12. The smallest absolute Gasteiger partial charge is 0.321 e. The molecule has 120 valence electrons. The van der Waals surface area contributed by atoms with E-state index in [1.54, 1.807) is 0 Å². The van der Waals surface area contributed by atoms with E-state index >= 15 is 0 Å². The highest BCUT2D eigenvalue weighted by atomic mass is 16.2. The van der Waals surface area contributed by atoms with Gasteiger partial charge in [0.25, 0.3) is 0 Å². The minimum absolute atomic E-state index is 0.0313. The number of nitrogens with one attached hydrogen (secondary N) is 3. The fraction of sp³-hybridized carbons (Fsp3) is 0.867. The van der Waals surface area contributed by atoms with Gasteiger partial charge >= 0.3 is 6.03 Å². The summed E-state index contributed by atoms with van der Waals surface area (Å²) in [6.07, 6.45) is 6.02. The summed E-state index contributed by atoms with van der Waals surface area (Å²) in [5.41, 5.74) is 0. The Morgan fingerprint density at radius 3 is 2.57 bits per heavy atom. The van der Waals surface area contributed by atoms with E-state index in [-0.39, 0.29) is 11.9 Å². The minimum atomic E-state index is -0.401. The second-order valence-electron chi connectivity index (χ2n) is 6.48. The molecule has 2 aliphatic rings. The van der Waals surface area contributed by atoms with Gasteiger partial charge in [0.2, 0.25) is 5.91 Å². The second kappa shape index (κ2) is 7.75. The quantitative estimate of drug-likeness (QED) is 0.679. The van der Waals surface area contributed by atoms with E-state index in [2.05, 4.69) is 20.9 Å². The van der Waals surface area contributed by atoms with E-state index < -0.39 is 6.03 Å². The maximum absolute atomic E-state index is 12.0. The lowest BCUT2D eigenvalue weighted by atomic mass is 10.0. The highest BCUT2D eigenvalue weighted by Gasteiger charge is 2.32. The molecule has 0 spiro atoms. The third kappa shape index (κ3) is 6.01. The highest BCUT2D eigenvalue weighted by Crippen LogP contribution is 2.27. The van der Waals surface area contributed by atoms with Gasteiger partial charge in [0.1, 0.15) is 0 Å².